The number of aryl methyl sites for hydroxylation is 1. The summed E-state index contributed by atoms with van der Waals surface area (Å²) in [6.45, 7) is 4.15. The fraction of sp³-hybridized carbons (Fsp3) is 0.375. The lowest BCUT2D eigenvalue weighted by molar-refractivity contribution is -0.122. The van der Waals surface area contributed by atoms with Crippen LogP contribution in [-0.2, 0) is 11.2 Å². The predicted molar refractivity (Wildman–Crippen MR) is 258 cm³/mol. The number of carbonyl (C=O) groups excluding carboxylic acids is 2. The molecule has 3 N–H and O–H groups in total. The van der Waals surface area contributed by atoms with Crippen molar-refractivity contribution in [2.24, 2.45) is 0 Å². The number of unbranched alkanes of at least 4 members (excludes halogenated alkanes) is 12. The van der Waals surface area contributed by atoms with Crippen molar-refractivity contribution < 1.29 is 14.3 Å². The minimum Gasteiger partial charge on any atom is -0.481 e. The lowest BCUT2D eigenvalue weighted by Gasteiger charge is -2.18. The van der Waals surface area contributed by atoms with Crippen LogP contribution >= 0.6 is 46.6 Å². The number of rotatable bonds is 25. The van der Waals surface area contributed by atoms with Gasteiger partial charge < -0.3 is 15.4 Å². The molecule has 0 bridgehead atoms. The molecule has 2 heterocycles. The van der Waals surface area contributed by atoms with E-state index in [2.05, 4.69) is 44.2 Å². The summed E-state index contributed by atoms with van der Waals surface area (Å²) in [6.07, 6.45) is 17.7. The zero-order valence-corrected chi connectivity index (χ0v) is 39.3. The number of anilines is 2. The topological polar surface area (TPSA) is 149 Å². The molecule has 16 heteroatoms. The Balaban J connectivity index is 1.07. The Morgan fingerprint density at radius 2 is 1.42 bits per heavy atom. The van der Waals surface area contributed by atoms with Crippen molar-refractivity contribution in [2.45, 2.75) is 126 Å². The van der Waals surface area contributed by atoms with Crippen LogP contribution in [0.2, 0.25) is 15.1 Å². The number of aromatic amines is 1. The van der Waals surface area contributed by atoms with Gasteiger partial charge in [-0.3, -0.25) is 19.5 Å². The highest BCUT2D eigenvalue weighted by Crippen LogP contribution is 2.35. The zero-order valence-electron chi connectivity index (χ0n) is 36.3. The monoisotopic (exact) mass is 944 g/mol. The highest BCUT2D eigenvalue weighted by molar-refractivity contribution is 7.99. The first-order chi connectivity index (χ1) is 31.1. The largest absolute Gasteiger partial charge is 0.481 e. The van der Waals surface area contributed by atoms with Gasteiger partial charge in [0, 0.05) is 16.3 Å². The van der Waals surface area contributed by atoms with Crippen molar-refractivity contribution in [3.8, 4) is 17.1 Å². The molecular formula is C48H55Cl3N8O4S. The van der Waals surface area contributed by atoms with E-state index >= 15 is 0 Å². The molecule has 4 aromatic carbocycles. The fourth-order valence-electron chi connectivity index (χ4n) is 7.33. The van der Waals surface area contributed by atoms with E-state index in [1.807, 2.05) is 55.5 Å². The number of para-hydroxylation sites is 1. The van der Waals surface area contributed by atoms with Crippen LogP contribution in [-0.4, -0.2) is 47.9 Å². The Hall–Kier alpha value is -5.08. The number of benzene rings is 4. The third-order valence-electron chi connectivity index (χ3n) is 10.7. The van der Waals surface area contributed by atoms with E-state index in [0.29, 0.717) is 23.5 Å². The second-order valence-corrected chi connectivity index (χ2v) is 17.9. The number of tetrazole rings is 1. The first kappa shape index (κ1) is 48.4. The standard InChI is InChI=1S/C48H55Cl3N8O4S/c1-3-5-6-7-8-9-10-11-12-13-14-15-17-22-33-23-20-28-38(29-33)63-41(4-2)46(61)52-36-25-21-24-34(30-36)45(60)53-44-43(64-48-54-56-57-58(48)37-26-18-16-19-27-37)47(62)59(55-44)42-39(50)31-35(49)32-40(42)51/h16,18-21,23-32,41,55H,3-15,17,22H2,1-2H3,(H,52,61)(H,53,60). The molecule has 0 saturated heterocycles. The molecule has 64 heavy (non-hydrogen) atoms. The van der Waals surface area contributed by atoms with Crippen LogP contribution in [0.5, 0.6) is 5.75 Å². The number of amides is 2. The minimum atomic E-state index is -0.771. The van der Waals surface area contributed by atoms with Gasteiger partial charge in [-0.1, -0.05) is 162 Å². The van der Waals surface area contributed by atoms with Crippen LogP contribution < -0.4 is 20.9 Å². The number of carbonyl (C=O) groups is 2. The van der Waals surface area contributed by atoms with E-state index in [9.17, 15) is 14.4 Å². The number of halogens is 3. The Morgan fingerprint density at radius 1 is 0.766 bits per heavy atom. The van der Waals surface area contributed by atoms with Gasteiger partial charge in [0.2, 0.25) is 5.16 Å². The maximum absolute atomic E-state index is 14.1. The van der Waals surface area contributed by atoms with E-state index < -0.39 is 17.6 Å². The maximum Gasteiger partial charge on any atom is 0.287 e. The number of aromatic nitrogens is 6. The average Bonchev–Trinajstić information content (AvgIpc) is 3.88. The third-order valence-corrected chi connectivity index (χ3v) is 12.5. The van der Waals surface area contributed by atoms with Crippen molar-refractivity contribution in [1.82, 2.24) is 30.0 Å². The summed E-state index contributed by atoms with van der Waals surface area (Å²) in [5, 5.41) is 21.4. The molecular weight excluding hydrogens is 891 g/mol. The summed E-state index contributed by atoms with van der Waals surface area (Å²) in [5.41, 5.74) is 1.96. The van der Waals surface area contributed by atoms with Crippen LogP contribution in [0.25, 0.3) is 11.4 Å². The van der Waals surface area contributed by atoms with E-state index in [1.165, 1.54) is 99.4 Å². The van der Waals surface area contributed by atoms with Crippen molar-refractivity contribution in [1.29, 1.82) is 0 Å². The summed E-state index contributed by atoms with van der Waals surface area (Å²) >= 11 is 20.2. The molecule has 0 radical (unpaired) electrons. The number of nitrogens with zero attached hydrogens (tertiary/aromatic N) is 5. The quantitative estimate of drug-likeness (QED) is 0.0480. The Kier molecular flexibility index (Phi) is 18.8. The molecule has 0 aliphatic carbocycles. The molecule has 1 atom stereocenters. The molecule has 338 valence electrons. The number of nitrogens with one attached hydrogen (secondary N) is 3. The molecule has 1 unspecified atom stereocenters. The summed E-state index contributed by atoms with van der Waals surface area (Å²) < 4.78 is 8.79. The molecule has 0 fully saturated rings. The van der Waals surface area contributed by atoms with Gasteiger partial charge in [0.25, 0.3) is 17.4 Å². The highest BCUT2D eigenvalue weighted by atomic mass is 35.5. The SMILES string of the molecule is CCCCCCCCCCCCCCCc1cccc(OC(CC)C(=O)Nc2cccc(C(=O)Nc3[nH]n(-c4c(Cl)cc(Cl)cc4Cl)c(=O)c3Sc3nnnn3-c3ccccc3)c2)c1. The van der Waals surface area contributed by atoms with E-state index in [4.69, 9.17) is 39.5 Å². The van der Waals surface area contributed by atoms with Crippen molar-refractivity contribution >= 4 is 69.9 Å². The molecule has 0 aliphatic rings. The number of hydrogen-bond donors (Lipinski definition) is 3. The van der Waals surface area contributed by atoms with E-state index in [1.54, 1.807) is 24.3 Å². The number of H-pyrrole nitrogens is 1. The normalized spacial score (nSPS) is 11.7. The third kappa shape index (κ3) is 13.7. The molecule has 6 rings (SSSR count). The highest BCUT2D eigenvalue weighted by Gasteiger charge is 2.25. The van der Waals surface area contributed by atoms with Crippen molar-refractivity contribution in [3.63, 3.8) is 0 Å². The van der Waals surface area contributed by atoms with Crippen LogP contribution in [0, 0.1) is 0 Å². The van der Waals surface area contributed by atoms with E-state index in [0.717, 1.165) is 29.3 Å². The summed E-state index contributed by atoms with van der Waals surface area (Å²) in [7, 11) is 0. The van der Waals surface area contributed by atoms with Crippen LogP contribution in [0.15, 0.2) is 106 Å². The number of ether oxygens (including phenoxy) is 1. The van der Waals surface area contributed by atoms with Gasteiger partial charge in [0.15, 0.2) is 6.10 Å². The van der Waals surface area contributed by atoms with Gasteiger partial charge in [-0.2, -0.15) is 4.68 Å². The van der Waals surface area contributed by atoms with Gasteiger partial charge in [-0.15, -0.1) is 5.10 Å². The second kappa shape index (κ2) is 24.8. The first-order valence-electron chi connectivity index (χ1n) is 22.1. The summed E-state index contributed by atoms with van der Waals surface area (Å²) in [5.74, 6) is -0.272. The van der Waals surface area contributed by atoms with Gasteiger partial charge in [0.05, 0.1) is 15.7 Å². The van der Waals surface area contributed by atoms with Crippen molar-refractivity contribution in [3.05, 3.63) is 128 Å². The van der Waals surface area contributed by atoms with Crippen molar-refractivity contribution in [2.75, 3.05) is 10.6 Å². The van der Waals surface area contributed by atoms with Gasteiger partial charge in [-0.05, 0) is 102 Å². The van der Waals surface area contributed by atoms with Gasteiger partial charge in [-0.25, -0.2) is 4.68 Å². The van der Waals surface area contributed by atoms with Gasteiger partial charge in [0.1, 0.15) is 22.2 Å². The molecule has 12 nitrogen and oxygen atoms in total. The molecule has 0 spiro atoms. The lowest BCUT2D eigenvalue weighted by Crippen LogP contribution is -2.32. The number of hydrogen-bond acceptors (Lipinski definition) is 8. The predicted octanol–water partition coefficient (Wildman–Crippen LogP) is 12.9. The Morgan fingerprint density at radius 3 is 2.09 bits per heavy atom. The Bertz CT molecular complexity index is 2490. The smallest absolute Gasteiger partial charge is 0.287 e. The van der Waals surface area contributed by atoms with Crippen LogP contribution in [0.3, 0.4) is 0 Å². The maximum atomic E-state index is 14.1. The summed E-state index contributed by atoms with van der Waals surface area (Å²) in [4.78, 5) is 41.6. The second-order valence-electron chi connectivity index (χ2n) is 15.7. The minimum absolute atomic E-state index is 0.0231. The Labute approximate surface area is 393 Å². The van der Waals surface area contributed by atoms with Crippen LogP contribution in [0.4, 0.5) is 11.5 Å². The molecule has 6 aromatic rings. The summed E-state index contributed by atoms with van der Waals surface area (Å²) in [6, 6.07) is 26.5. The fourth-order valence-corrected chi connectivity index (χ4v) is 9.18. The molecule has 0 saturated carbocycles. The molecule has 2 aromatic heterocycles. The molecule has 2 amide bonds. The van der Waals surface area contributed by atoms with Gasteiger partial charge >= 0.3 is 0 Å². The first-order valence-corrected chi connectivity index (χ1v) is 24.1. The van der Waals surface area contributed by atoms with E-state index in [-0.39, 0.29) is 48.1 Å². The lowest BCUT2D eigenvalue weighted by atomic mass is 10.0. The zero-order chi connectivity index (χ0) is 45.3. The van der Waals surface area contributed by atoms with Crippen LogP contribution in [0.1, 0.15) is 120 Å². The average molecular weight is 946 g/mol. The molecule has 0 aliphatic heterocycles.